The van der Waals surface area contributed by atoms with Crippen molar-refractivity contribution in [1.29, 1.82) is 0 Å². The first kappa shape index (κ1) is 15.7. The van der Waals surface area contributed by atoms with Crippen LogP contribution in [0.4, 0.5) is 0 Å². The molecule has 0 unspecified atom stereocenters. The minimum Gasteiger partial charge on any atom is -0.380 e. The number of benzene rings is 1. The molecule has 2 aromatic rings. The molecule has 0 saturated carbocycles. The fourth-order valence-electron chi connectivity index (χ4n) is 2.46. The maximum absolute atomic E-state index is 12.2. The Labute approximate surface area is 129 Å². The molecule has 0 aliphatic rings. The Morgan fingerprint density at radius 1 is 1.33 bits per heavy atom. The zero-order valence-electron chi connectivity index (χ0n) is 12.8. The zero-order valence-corrected chi connectivity index (χ0v) is 13.6. The Bertz CT molecular complexity index is 728. The Hall–Kier alpha value is -1.72. The summed E-state index contributed by atoms with van der Waals surface area (Å²) in [5.41, 5.74) is 4.76. The van der Waals surface area contributed by atoms with Gasteiger partial charge in [-0.15, -0.1) is 0 Å². The Kier molecular flexibility index (Phi) is 4.75. The summed E-state index contributed by atoms with van der Waals surface area (Å²) in [7, 11) is 1.68. The van der Waals surface area contributed by atoms with E-state index in [4.69, 9.17) is 17.0 Å². The van der Waals surface area contributed by atoms with Crippen molar-refractivity contribution < 1.29 is 4.74 Å². The molecule has 1 aromatic carbocycles. The van der Waals surface area contributed by atoms with Crippen LogP contribution < -0.4 is 5.56 Å². The second-order valence-electron chi connectivity index (χ2n) is 5.03. The summed E-state index contributed by atoms with van der Waals surface area (Å²) in [4.78, 5) is 12.8. The van der Waals surface area contributed by atoms with Crippen molar-refractivity contribution in [2.45, 2.75) is 33.9 Å². The van der Waals surface area contributed by atoms with E-state index in [9.17, 15) is 4.79 Å². The number of nitrogens with zero attached hydrogens (tertiary/aromatic N) is 1. The smallest absolute Gasteiger partial charge is 0.275 e. The number of H-pyrrole nitrogens is 1. The summed E-state index contributed by atoms with van der Waals surface area (Å²) in [5, 5.41) is 2.94. The minimum atomic E-state index is -0.0734. The first-order valence-electron chi connectivity index (χ1n) is 6.92. The minimum absolute atomic E-state index is 0.0734. The molecule has 0 saturated heterocycles. The summed E-state index contributed by atoms with van der Waals surface area (Å²) < 4.78 is 6.80. The fraction of sp³-hybridized carbons (Fsp3) is 0.375. The van der Waals surface area contributed by atoms with Gasteiger partial charge in [0.15, 0.2) is 0 Å². The van der Waals surface area contributed by atoms with Crippen LogP contribution in [0.1, 0.15) is 34.7 Å². The van der Waals surface area contributed by atoms with Crippen LogP contribution in [0.25, 0.3) is 0 Å². The molecule has 0 aliphatic carbocycles. The van der Waals surface area contributed by atoms with E-state index in [1.165, 1.54) is 5.56 Å². The van der Waals surface area contributed by atoms with E-state index in [-0.39, 0.29) is 5.56 Å². The molecule has 0 fully saturated rings. The third kappa shape index (κ3) is 2.84. The molecule has 1 N–H and O–H groups in total. The third-order valence-electron chi connectivity index (χ3n) is 3.77. The maximum Gasteiger partial charge on any atom is 0.275 e. The number of hydrogen-bond acceptors (Lipinski definition) is 3. The van der Waals surface area contributed by atoms with Gasteiger partial charge in [0, 0.05) is 19.9 Å². The number of nitrogens with one attached hydrogen (secondary N) is 1. The van der Waals surface area contributed by atoms with E-state index in [0.717, 1.165) is 16.7 Å². The van der Waals surface area contributed by atoms with Crippen LogP contribution in [0.3, 0.4) is 0 Å². The Morgan fingerprint density at radius 2 is 2.05 bits per heavy atom. The van der Waals surface area contributed by atoms with Crippen molar-refractivity contribution in [3.63, 3.8) is 0 Å². The topological polar surface area (TPSA) is 47.0 Å². The Balaban J connectivity index is 2.51. The van der Waals surface area contributed by atoms with Gasteiger partial charge >= 0.3 is 0 Å². The monoisotopic (exact) mass is 304 g/mol. The fourth-order valence-corrected chi connectivity index (χ4v) is 2.82. The lowest BCUT2D eigenvalue weighted by atomic mass is 9.94. The molecule has 112 valence electrons. The van der Waals surface area contributed by atoms with Crippen LogP contribution in [0.15, 0.2) is 23.1 Å². The molecule has 0 atom stereocenters. The van der Waals surface area contributed by atoms with E-state index in [2.05, 4.69) is 12.0 Å². The lowest BCUT2D eigenvalue weighted by molar-refractivity contribution is 0.184. The average molecular weight is 304 g/mol. The van der Waals surface area contributed by atoms with Crippen molar-refractivity contribution in [3.05, 3.63) is 56.5 Å². The first-order valence-corrected chi connectivity index (χ1v) is 7.33. The van der Waals surface area contributed by atoms with Crippen molar-refractivity contribution in [2.75, 3.05) is 7.11 Å². The molecule has 2 rings (SSSR count). The summed E-state index contributed by atoms with van der Waals surface area (Å²) >= 11 is 5.54. The van der Waals surface area contributed by atoms with Crippen LogP contribution in [0.5, 0.6) is 0 Å². The van der Waals surface area contributed by atoms with E-state index in [1.54, 1.807) is 18.0 Å². The van der Waals surface area contributed by atoms with Gasteiger partial charge in [-0.1, -0.05) is 24.4 Å². The quantitative estimate of drug-likeness (QED) is 0.682. The highest BCUT2D eigenvalue weighted by molar-refractivity contribution is 7.81. The van der Waals surface area contributed by atoms with E-state index < -0.39 is 0 Å². The van der Waals surface area contributed by atoms with Crippen molar-refractivity contribution in [1.82, 2.24) is 9.78 Å². The molecule has 1 aromatic heterocycles. The van der Waals surface area contributed by atoms with Gasteiger partial charge in [-0.2, -0.15) is 0 Å². The standard InChI is InChI=1S/C16H20N2O2S/c1-5-18-16(19)13(8-17-18)15(21)12-7-6-10(2)14(9-20-4)11(12)3/h6-8,17H,5,9H2,1-4H3. The number of aromatic amines is 1. The van der Waals surface area contributed by atoms with Gasteiger partial charge in [-0.25, -0.2) is 0 Å². The van der Waals surface area contributed by atoms with Crippen LogP contribution >= 0.6 is 12.2 Å². The molecule has 4 nitrogen and oxygen atoms in total. The van der Waals surface area contributed by atoms with Gasteiger partial charge in [-0.3, -0.25) is 9.48 Å². The SMILES string of the molecule is CCn1[nH]cc(C(=S)c2ccc(C)c(COC)c2C)c1=O. The second kappa shape index (κ2) is 6.37. The van der Waals surface area contributed by atoms with Crippen LogP contribution in [0.2, 0.25) is 0 Å². The average Bonchev–Trinajstić information content (AvgIpc) is 2.84. The second-order valence-corrected chi connectivity index (χ2v) is 5.44. The highest BCUT2D eigenvalue weighted by Crippen LogP contribution is 2.21. The molecule has 5 heteroatoms. The number of methoxy groups -OCH3 is 1. The molecule has 1 heterocycles. The predicted molar refractivity (Wildman–Crippen MR) is 88.2 cm³/mol. The number of rotatable bonds is 5. The maximum atomic E-state index is 12.2. The van der Waals surface area contributed by atoms with Gasteiger partial charge in [0.05, 0.1) is 17.0 Å². The van der Waals surface area contributed by atoms with Crippen molar-refractivity contribution in [2.24, 2.45) is 0 Å². The van der Waals surface area contributed by atoms with Gasteiger partial charge in [-0.05, 0) is 43.0 Å². The number of aryl methyl sites for hydroxylation is 2. The third-order valence-corrected chi connectivity index (χ3v) is 4.21. The Morgan fingerprint density at radius 3 is 2.62 bits per heavy atom. The summed E-state index contributed by atoms with van der Waals surface area (Å²) in [6.07, 6.45) is 1.68. The number of ether oxygens (including phenoxy) is 1. The lowest BCUT2D eigenvalue weighted by Crippen LogP contribution is -2.21. The predicted octanol–water partition coefficient (Wildman–Crippen LogP) is 2.73. The number of thiocarbonyl (C=S) groups is 1. The number of hydrogen-bond donors (Lipinski definition) is 1. The van der Waals surface area contributed by atoms with Gasteiger partial charge < -0.3 is 9.84 Å². The van der Waals surface area contributed by atoms with Crippen LogP contribution in [0, 0.1) is 13.8 Å². The van der Waals surface area contributed by atoms with E-state index >= 15 is 0 Å². The normalized spacial score (nSPS) is 10.9. The van der Waals surface area contributed by atoms with E-state index in [1.807, 2.05) is 26.0 Å². The molecule has 0 aliphatic heterocycles. The summed E-state index contributed by atoms with van der Waals surface area (Å²) in [5.74, 6) is 0. The zero-order chi connectivity index (χ0) is 15.6. The highest BCUT2D eigenvalue weighted by atomic mass is 32.1. The molecule has 0 radical (unpaired) electrons. The molecule has 0 bridgehead atoms. The lowest BCUT2D eigenvalue weighted by Gasteiger charge is -2.13. The molecular weight excluding hydrogens is 284 g/mol. The van der Waals surface area contributed by atoms with Gasteiger partial charge in [0.25, 0.3) is 5.56 Å². The molecule has 0 spiro atoms. The molecule has 0 amide bonds. The van der Waals surface area contributed by atoms with E-state index in [0.29, 0.717) is 23.6 Å². The highest BCUT2D eigenvalue weighted by Gasteiger charge is 2.16. The number of aromatic nitrogens is 2. The van der Waals surface area contributed by atoms with Gasteiger partial charge in [0.2, 0.25) is 0 Å². The summed E-state index contributed by atoms with van der Waals surface area (Å²) in [6, 6.07) is 4.00. The van der Waals surface area contributed by atoms with Crippen molar-refractivity contribution in [3.8, 4) is 0 Å². The van der Waals surface area contributed by atoms with Gasteiger partial charge in [0.1, 0.15) is 0 Å². The molecular formula is C16H20N2O2S. The molecule has 21 heavy (non-hydrogen) atoms. The summed E-state index contributed by atoms with van der Waals surface area (Å²) in [6.45, 7) is 7.13. The van der Waals surface area contributed by atoms with Crippen LogP contribution in [-0.4, -0.2) is 21.8 Å². The largest absolute Gasteiger partial charge is 0.380 e. The van der Waals surface area contributed by atoms with Crippen LogP contribution in [-0.2, 0) is 17.9 Å². The first-order chi connectivity index (χ1) is 10.0. The van der Waals surface area contributed by atoms with Crippen molar-refractivity contribution >= 4 is 17.1 Å².